The van der Waals surface area contributed by atoms with E-state index in [2.05, 4.69) is 9.72 Å². The first kappa shape index (κ1) is 14.7. The minimum atomic E-state index is -2.95. The van der Waals surface area contributed by atoms with Crippen LogP contribution in [-0.4, -0.2) is 30.6 Å². The molecule has 0 bridgehead atoms. The van der Waals surface area contributed by atoms with Crippen LogP contribution in [0.4, 0.5) is 8.78 Å². The predicted molar refractivity (Wildman–Crippen MR) is 68.3 cm³/mol. The molecule has 0 N–H and O–H groups in total. The van der Waals surface area contributed by atoms with Gasteiger partial charge in [-0.25, -0.2) is 18.6 Å². The van der Waals surface area contributed by atoms with Crippen molar-refractivity contribution in [1.29, 1.82) is 0 Å². The molecule has 1 aliphatic carbocycles. The Labute approximate surface area is 116 Å². The van der Waals surface area contributed by atoms with Crippen LogP contribution < -0.4 is 4.74 Å². The van der Waals surface area contributed by atoms with Gasteiger partial charge in [0.1, 0.15) is 0 Å². The smallest absolute Gasteiger partial charge is 0.339 e. The number of nitrogens with zero attached hydrogens (tertiary/aromatic N) is 1. The van der Waals surface area contributed by atoms with Gasteiger partial charge in [-0.2, -0.15) is 0 Å². The molecule has 1 aromatic heterocycles. The number of esters is 1. The predicted octanol–water partition coefficient (Wildman–Crippen LogP) is 2.95. The average molecular weight is 285 g/mol. The summed E-state index contributed by atoms with van der Waals surface area (Å²) in [6.07, 6.45) is 0.589. The number of hydrogen-bond acceptors (Lipinski definition) is 4. The van der Waals surface area contributed by atoms with Crippen LogP contribution in [-0.2, 0) is 10.2 Å². The number of aromatic nitrogens is 1. The molecular weight excluding hydrogens is 268 g/mol. The molecular formula is C14H17F2NO3. The zero-order valence-corrected chi connectivity index (χ0v) is 11.7. The van der Waals surface area contributed by atoms with Crippen LogP contribution in [0.5, 0.6) is 5.88 Å². The van der Waals surface area contributed by atoms with Crippen LogP contribution in [0.3, 0.4) is 0 Å². The van der Waals surface area contributed by atoms with Gasteiger partial charge in [0, 0.05) is 13.0 Å². The second-order valence-electron chi connectivity index (χ2n) is 4.94. The molecule has 1 aliphatic rings. The zero-order valence-electron chi connectivity index (χ0n) is 11.7. The highest BCUT2D eigenvalue weighted by atomic mass is 19.3. The molecule has 1 fully saturated rings. The summed E-state index contributed by atoms with van der Waals surface area (Å²) in [5, 5.41) is 0. The lowest BCUT2D eigenvalue weighted by molar-refractivity contribution is -0.0218. The van der Waals surface area contributed by atoms with Gasteiger partial charge in [-0.15, -0.1) is 0 Å². The van der Waals surface area contributed by atoms with Crippen molar-refractivity contribution >= 4 is 5.97 Å². The zero-order chi connectivity index (χ0) is 15.0. The largest absolute Gasteiger partial charge is 0.478 e. The number of pyridine rings is 1. The van der Waals surface area contributed by atoms with Crippen molar-refractivity contribution in [3.63, 3.8) is 0 Å². The van der Waals surface area contributed by atoms with Crippen molar-refractivity contribution in [2.24, 2.45) is 0 Å². The summed E-state index contributed by atoms with van der Waals surface area (Å²) in [4.78, 5) is 15.9. The number of ether oxygens (including phenoxy) is 2. The highest BCUT2D eigenvalue weighted by Crippen LogP contribution is 2.58. The molecule has 6 heteroatoms. The van der Waals surface area contributed by atoms with Gasteiger partial charge < -0.3 is 9.47 Å². The lowest BCUT2D eigenvalue weighted by atomic mass is 9.91. The van der Waals surface area contributed by atoms with E-state index in [1.807, 2.05) is 0 Å². The number of halogens is 2. The second kappa shape index (κ2) is 5.00. The van der Waals surface area contributed by atoms with Gasteiger partial charge in [0.15, 0.2) is 0 Å². The maximum absolute atomic E-state index is 13.9. The van der Waals surface area contributed by atoms with Crippen molar-refractivity contribution in [2.75, 3.05) is 13.7 Å². The van der Waals surface area contributed by atoms with Crippen molar-refractivity contribution in [1.82, 2.24) is 4.98 Å². The van der Waals surface area contributed by atoms with E-state index in [4.69, 9.17) is 4.74 Å². The van der Waals surface area contributed by atoms with Crippen molar-refractivity contribution in [2.45, 2.75) is 38.0 Å². The molecule has 0 aliphatic heterocycles. The molecule has 20 heavy (non-hydrogen) atoms. The molecule has 1 saturated carbocycles. The van der Waals surface area contributed by atoms with E-state index in [1.54, 1.807) is 6.92 Å². The van der Waals surface area contributed by atoms with Crippen molar-refractivity contribution < 1.29 is 23.0 Å². The first-order valence-corrected chi connectivity index (χ1v) is 6.46. The fraction of sp³-hybridized carbons (Fsp3) is 0.571. The van der Waals surface area contributed by atoms with E-state index in [1.165, 1.54) is 19.2 Å². The molecule has 0 spiro atoms. The number of carbonyl (C=O) groups is 1. The Morgan fingerprint density at radius 3 is 2.55 bits per heavy atom. The minimum absolute atomic E-state index is 0.0720. The van der Waals surface area contributed by atoms with Crippen LogP contribution in [0.2, 0.25) is 0 Å². The molecule has 0 unspecified atom stereocenters. The first-order chi connectivity index (χ1) is 9.35. The Morgan fingerprint density at radius 1 is 1.45 bits per heavy atom. The van der Waals surface area contributed by atoms with E-state index < -0.39 is 17.3 Å². The third-order valence-electron chi connectivity index (χ3n) is 3.61. The molecule has 0 atom stereocenters. The molecule has 1 heterocycles. The van der Waals surface area contributed by atoms with E-state index in [-0.39, 0.29) is 17.1 Å². The molecule has 4 nitrogen and oxygen atoms in total. The fourth-order valence-electron chi connectivity index (χ4n) is 2.32. The van der Waals surface area contributed by atoms with Crippen LogP contribution in [0.1, 0.15) is 42.7 Å². The maximum atomic E-state index is 13.9. The van der Waals surface area contributed by atoms with Gasteiger partial charge in [0.2, 0.25) is 5.88 Å². The molecule has 0 amide bonds. The SMILES string of the molecule is CCOc1ccc(C(=O)OC)c(C2(C(C)(F)F)CC2)n1. The number of rotatable bonds is 5. The number of hydrogen-bond donors (Lipinski definition) is 0. The van der Waals surface area contributed by atoms with E-state index in [0.717, 1.165) is 6.92 Å². The number of alkyl halides is 2. The molecule has 1 aromatic rings. The summed E-state index contributed by atoms with van der Waals surface area (Å²) in [5.41, 5.74) is -1.23. The van der Waals surface area contributed by atoms with Crippen LogP contribution in [0, 0.1) is 0 Å². The van der Waals surface area contributed by atoms with Gasteiger partial charge in [0.25, 0.3) is 5.92 Å². The molecule has 110 valence electrons. The average Bonchev–Trinajstić information content (AvgIpc) is 3.19. The Bertz CT molecular complexity index is 522. The van der Waals surface area contributed by atoms with E-state index in [9.17, 15) is 13.6 Å². The Kier molecular flexibility index (Phi) is 3.67. The standard InChI is InChI=1S/C14H17F2NO3/c1-4-20-10-6-5-9(12(18)19-3)11(17-10)14(7-8-14)13(2,15)16/h5-6H,4,7-8H2,1-3H3. The monoisotopic (exact) mass is 285 g/mol. The third-order valence-corrected chi connectivity index (χ3v) is 3.61. The number of carbonyl (C=O) groups excluding carboxylic acids is 1. The Morgan fingerprint density at radius 2 is 2.10 bits per heavy atom. The Hall–Kier alpha value is -1.72. The molecule has 0 saturated heterocycles. The molecule has 0 radical (unpaired) electrons. The van der Waals surface area contributed by atoms with Gasteiger partial charge in [0.05, 0.1) is 30.4 Å². The van der Waals surface area contributed by atoms with E-state index in [0.29, 0.717) is 19.4 Å². The summed E-state index contributed by atoms with van der Waals surface area (Å²) in [6, 6.07) is 2.92. The Balaban J connectivity index is 2.53. The van der Waals surface area contributed by atoms with E-state index >= 15 is 0 Å². The van der Waals surface area contributed by atoms with Gasteiger partial charge in [-0.05, 0) is 25.8 Å². The number of methoxy groups -OCH3 is 1. The third kappa shape index (κ3) is 2.34. The van der Waals surface area contributed by atoms with Gasteiger partial charge in [-0.3, -0.25) is 0 Å². The molecule has 0 aromatic carbocycles. The quantitative estimate of drug-likeness (QED) is 0.780. The summed E-state index contributed by atoms with van der Waals surface area (Å²) < 4.78 is 37.7. The highest BCUT2D eigenvalue weighted by molar-refractivity contribution is 5.91. The maximum Gasteiger partial charge on any atom is 0.339 e. The summed E-state index contributed by atoms with van der Waals surface area (Å²) in [6.45, 7) is 3.01. The second-order valence-corrected chi connectivity index (χ2v) is 4.94. The normalized spacial score (nSPS) is 16.6. The highest BCUT2D eigenvalue weighted by Gasteiger charge is 2.62. The lowest BCUT2D eigenvalue weighted by Gasteiger charge is -2.24. The first-order valence-electron chi connectivity index (χ1n) is 6.46. The van der Waals surface area contributed by atoms with Crippen LogP contribution >= 0.6 is 0 Å². The van der Waals surface area contributed by atoms with Crippen molar-refractivity contribution in [3.05, 3.63) is 23.4 Å². The summed E-state index contributed by atoms with van der Waals surface area (Å²) in [5.74, 6) is -3.37. The fourth-order valence-corrected chi connectivity index (χ4v) is 2.32. The summed E-state index contributed by atoms with van der Waals surface area (Å²) >= 11 is 0. The lowest BCUT2D eigenvalue weighted by Crippen LogP contribution is -2.33. The minimum Gasteiger partial charge on any atom is -0.478 e. The molecule has 2 rings (SSSR count). The summed E-state index contributed by atoms with van der Waals surface area (Å²) in [7, 11) is 1.21. The topological polar surface area (TPSA) is 48.4 Å². The van der Waals surface area contributed by atoms with Crippen LogP contribution in [0.25, 0.3) is 0 Å². The van der Waals surface area contributed by atoms with Gasteiger partial charge >= 0.3 is 5.97 Å². The van der Waals surface area contributed by atoms with Gasteiger partial charge in [-0.1, -0.05) is 0 Å². The van der Waals surface area contributed by atoms with Crippen LogP contribution in [0.15, 0.2) is 12.1 Å². The van der Waals surface area contributed by atoms with Crippen molar-refractivity contribution in [3.8, 4) is 5.88 Å².